The van der Waals surface area contributed by atoms with Crippen LogP contribution in [0.4, 0.5) is 4.79 Å². The summed E-state index contributed by atoms with van der Waals surface area (Å²) in [5.74, 6) is -0.553. The Bertz CT molecular complexity index is 658. The van der Waals surface area contributed by atoms with E-state index in [2.05, 4.69) is 27.9 Å². The zero-order chi connectivity index (χ0) is 16.7. The Morgan fingerprint density at radius 1 is 1.09 bits per heavy atom. The number of amides is 1. The van der Waals surface area contributed by atoms with Crippen molar-refractivity contribution in [3.8, 4) is 0 Å². The van der Waals surface area contributed by atoms with Crippen LogP contribution in [0.2, 0.25) is 0 Å². The third kappa shape index (κ3) is 5.24. The number of hydrogen-bond acceptors (Lipinski definition) is 4. The lowest BCUT2D eigenvalue weighted by molar-refractivity contribution is -0.143. The second kappa shape index (κ2) is 8.52. The van der Waals surface area contributed by atoms with E-state index in [0.29, 0.717) is 5.56 Å². The van der Waals surface area contributed by atoms with Gasteiger partial charge < -0.3 is 14.8 Å². The molecule has 2 aromatic carbocycles. The number of hydrogen-bond donors (Lipinski definition) is 1. The monoisotopic (exact) mass is 425 g/mol. The minimum Gasteiger partial charge on any atom is -0.467 e. The molecule has 1 N–H and O–H groups in total. The minimum atomic E-state index is -0.903. The number of carbonyl (C=O) groups excluding carboxylic acids is 2. The molecular weight excluding hydrogens is 409 g/mol. The van der Waals surface area contributed by atoms with E-state index in [4.69, 9.17) is 9.47 Å². The minimum absolute atomic E-state index is 0.132. The van der Waals surface area contributed by atoms with Gasteiger partial charge in [-0.3, -0.25) is 0 Å². The van der Waals surface area contributed by atoms with Gasteiger partial charge in [-0.15, -0.1) is 0 Å². The predicted molar refractivity (Wildman–Crippen MR) is 93.7 cm³/mol. The van der Waals surface area contributed by atoms with Crippen molar-refractivity contribution in [1.82, 2.24) is 5.32 Å². The summed E-state index contributed by atoms with van der Waals surface area (Å²) in [6.45, 7) is 0.132. The van der Waals surface area contributed by atoms with Crippen molar-refractivity contribution >= 4 is 34.7 Å². The molecule has 0 heterocycles. The molecule has 0 saturated carbocycles. The first-order valence-corrected chi connectivity index (χ1v) is 7.98. The van der Waals surface area contributed by atoms with Gasteiger partial charge in [0.1, 0.15) is 6.61 Å². The standard InChI is InChI=1S/C17H16INO4/c1-22-16(20)15(13-7-9-14(18)10-8-13)19-17(21)23-11-12-5-3-2-4-6-12/h2-10,15H,11H2,1H3,(H,19,21). The van der Waals surface area contributed by atoms with Crippen LogP contribution >= 0.6 is 22.6 Å². The Morgan fingerprint density at radius 2 is 1.74 bits per heavy atom. The summed E-state index contributed by atoms with van der Waals surface area (Å²) in [6.07, 6.45) is -0.678. The van der Waals surface area contributed by atoms with Crippen LogP contribution in [-0.4, -0.2) is 19.2 Å². The highest BCUT2D eigenvalue weighted by molar-refractivity contribution is 14.1. The SMILES string of the molecule is COC(=O)C(NC(=O)OCc1ccccc1)c1ccc(I)cc1. The van der Waals surface area contributed by atoms with Crippen LogP contribution in [0.3, 0.4) is 0 Å². The fraction of sp³-hybridized carbons (Fsp3) is 0.176. The Morgan fingerprint density at radius 3 is 2.35 bits per heavy atom. The molecule has 2 rings (SSSR count). The predicted octanol–water partition coefficient (Wildman–Crippen LogP) is 3.43. The highest BCUT2D eigenvalue weighted by Crippen LogP contribution is 2.17. The van der Waals surface area contributed by atoms with Crippen molar-refractivity contribution < 1.29 is 19.1 Å². The van der Waals surface area contributed by atoms with E-state index >= 15 is 0 Å². The van der Waals surface area contributed by atoms with Gasteiger partial charge in [0.15, 0.2) is 6.04 Å². The second-order valence-corrected chi connectivity index (χ2v) is 5.96. The number of nitrogens with one attached hydrogen (secondary N) is 1. The number of halogens is 1. The summed E-state index contributed by atoms with van der Waals surface area (Å²) < 4.78 is 10.9. The normalized spacial score (nSPS) is 11.4. The second-order valence-electron chi connectivity index (χ2n) is 4.71. The van der Waals surface area contributed by atoms with Gasteiger partial charge >= 0.3 is 12.1 Å². The largest absolute Gasteiger partial charge is 0.467 e. The van der Waals surface area contributed by atoms with E-state index in [1.54, 1.807) is 12.1 Å². The van der Waals surface area contributed by atoms with Gasteiger partial charge in [-0.25, -0.2) is 9.59 Å². The third-order valence-corrected chi connectivity index (χ3v) is 3.83. The van der Waals surface area contributed by atoms with Crippen LogP contribution in [0.1, 0.15) is 17.2 Å². The zero-order valence-corrected chi connectivity index (χ0v) is 14.6. The molecule has 0 aliphatic heterocycles. The lowest BCUT2D eigenvalue weighted by Gasteiger charge is -2.17. The molecule has 1 atom stereocenters. The summed E-state index contributed by atoms with van der Waals surface area (Å²) in [4.78, 5) is 23.9. The Labute approximate surface area is 148 Å². The molecule has 0 aromatic heterocycles. The Kier molecular flexibility index (Phi) is 6.40. The number of methoxy groups -OCH3 is 1. The number of esters is 1. The number of ether oxygens (including phenoxy) is 2. The lowest BCUT2D eigenvalue weighted by atomic mass is 10.1. The van der Waals surface area contributed by atoms with Crippen LogP contribution in [-0.2, 0) is 20.9 Å². The van der Waals surface area contributed by atoms with Gasteiger partial charge in [-0.2, -0.15) is 0 Å². The number of benzene rings is 2. The van der Waals surface area contributed by atoms with Gasteiger partial charge in [0.25, 0.3) is 0 Å². The van der Waals surface area contributed by atoms with Crippen LogP contribution in [0.15, 0.2) is 54.6 Å². The van der Waals surface area contributed by atoms with E-state index in [1.807, 2.05) is 42.5 Å². The van der Waals surface area contributed by atoms with Crippen LogP contribution in [0, 0.1) is 3.57 Å². The molecule has 5 nitrogen and oxygen atoms in total. The molecule has 0 fully saturated rings. The molecule has 0 aliphatic carbocycles. The molecule has 0 spiro atoms. The van der Waals surface area contributed by atoms with E-state index in [0.717, 1.165) is 9.13 Å². The van der Waals surface area contributed by atoms with Crippen molar-refractivity contribution in [2.24, 2.45) is 0 Å². The van der Waals surface area contributed by atoms with Crippen LogP contribution < -0.4 is 5.32 Å². The van der Waals surface area contributed by atoms with Crippen molar-refractivity contribution in [3.63, 3.8) is 0 Å². The van der Waals surface area contributed by atoms with Crippen molar-refractivity contribution in [2.75, 3.05) is 7.11 Å². The summed E-state index contributed by atoms with van der Waals surface area (Å²) in [7, 11) is 1.28. The smallest absolute Gasteiger partial charge is 0.408 e. The molecule has 120 valence electrons. The molecule has 1 amide bonds. The van der Waals surface area contributed by atoms with Crippen molar-refractivity contribution in [1.29, 1.82) is 0 Å². The van der Waals surface area contributed by atoms with Gasteiger partial charge in [-0.1, -0.05) is 42.5 Å². The first-order chi connectivity index (χ1) is 11.1. The van der Waals surface area contributed by atoms with Gasteiger partial charge in [0.2, 0.25) is 0 Å². The first kappa shape index (κ1) is 17.3. The lowest BCUT2D eigenvalue weighted by Crippen LogP contribution is -2.34. The number of carbonyl (C=O) groups is 2. The van der Waals surface area contributed by atoms with E-state index in [1.165, 1.54) is 7.11 Å². The summed E-state index contributed by atoms with van der Waals surface area (Å²) in [6, 6.07) is 15.6. The summed E-state index contributed by atoms with van der Waals surface area (Å²) >= 11 is 2.16. The summed E-state index contributed by atoms with van der Waals surface area (Å²) in [5.41, 5.74) is 1.50. The number of alkyl carbamates (subject to hydrolysis) is 1. The average molecular weight is 425 g/mol. The molecule has 6 heteroatoms. The fourth-order valence-corrected chi connectivity index (χ4v) is 2.29. The Hall–Kier alpha value is -2.09. The first-order valence-electron chi connectivity index (χ1n) is 6.90. The molecular formula is C17H16INO4. The van der Waals surface area contributed by atoms with Gasteiger partial charge in [0.05, 0.1) is 7.11 Å². The van der Waals surface area contributed by atoms with Gasteiger partial charge in [-0.05, 0) is 45.9 Å². The van der Waals surface area contributed by atoms with E-state index in [9.17, 15) is 9.59 Å². The van der Waals surface area contributed by atoms with E-state index < -0.39 is 18.1 Å². The highest BCUT2D eigenvalue weighted by Gasteiger charge is 2.24. The maximum Gasteiger partial charge on any atom is 0.408 e. The molecule has 1 unspecified atom stereocenters. The molecule has 23 heavy (non-hydrogen) atoms. The average Bonchev–Trinajstić information content (AvgIpc) is 2.59. The quantitative estimate of drug-likeness (QED) is 0.589. The summed E-state index contributed by atoms with van der Waals surface area (Å²) in [5, 5.41) is 2.54. The van der Waals surface area contributed by atoms with E-state index in [-0.39, 0.29) is 6.61 Å². The van der Waals surface area contributed by atoms with Crippen LogP contribution in [0.5, 0.6) is 0 Å². The molecule has 0 radical (unpaired) electrons. The van der Waals surface area contributed by atoms with Crippen molar-refractivity contribution in [2.45, 2.75) is 12.6 Å². The highest BCUT2D eigenvalue weighted by atomic mass is 127. The van der Waals surface area contributed by atoms with Crippen LogP contribution in [0.25, 0.3) is 0 Å². The van der Waals surface area contributed by atoms with Crippen molar-refractivity contribution in [3.05, 3.63) is 69.3 Å². The molecule has 2 aromatic rings. The maximum atomic E-state index is 11.9. The topological polar surface area (TPSA) is 64.6 Å². The third-order valence-electron chi connectivity index (χ3n) is 3.12. The number of rotatable bonds is 5. The molecule has 0 aliphatic rings. The fourth-order valence-electron chi connectivity index (χ4n) is 1.93. The Balaban J connectivity index is 2.01. The van der Waals surface area contributed by atoms with Gasteiger partial charge in [0, 0.05) is 3.57 Å². The maximum absolute atomic E-state index is 11.9. The zero-order valence-electron chi connectivity index (χ0n) is 12.5. The molecule has 0 bridgehead atoms. The molecule has 0 saturated heterocycles.